The van der Waals surface area contributed by atoms with Crippen LogP contribution in [0.4, 0.5) is 0 Å². The van der Waals surface area contributed by atoms with Crippen LogP contribution >= 0.6 is 12.4 Å². The molecule has 0 spiro atoms. The number of aliphatic hydroxyl groups is 2. The van der Waals surface area contributed by atoms with Crippen LogP contribution in [-0.4, -0.2) is 28.5 Å². The van der Waals surface area contributed by atoms with Crippen molar-refractivity contribution >= 4 is 12.4 Å². The van der Waals surface area contributed by atoms with E-state index in [0.717, 1.165) is 19.3 Å². The van der Waals surface area contributed by atoms with Crippen LogP contribution in [0.25, 0.3) is 0 Å². The highest BCUT2D eigenvalue weighted by Crippen LogP contribution is 2.19. The SMILES string of the molecule is Cl.NOC1CCCCC(O)C1O. The van der Waals surface area contributed by atoms with Gasteiger partial charge in [0.15, 0.2) is 0 Å². The lowest BCUT2D eigenvalue weighted by atomic mass is 10.1. The van der Waals surface area contributed by atoms with Gasteiger partial charge in [-0.1, -0.05) is 12.8 Å². The summed E-state index contributed by atoms with van der Waals surface area (Å²) >= 11 is 0. The van der Waals surface area contributed by atoms with Crippen LogP contribution in [0.3, 0.4) is 0 Å². The highest BCUT2D eigenvalue weighted by Gasteiger charge is 2.28. The van der Waals surface area contributed by atoms with Crippen LogP contribution in [0.1, 0.15) is 25.7 Å². The first-order chi connectivity index (χ1) is 5.25. The van der Waals surface area contributed by atoms with Crippen LogP contribution in [0.15, 0.2) is 0 Å². The molecular formula is C7H16ClNO3. The molecule has 5 heteroatoms. The Balaban J connectivity index is 0.00000121. The number of rotatable bonds is 1. The van der Waals surface area contributed by atoms with Crippen molar-refractivity contribution in [1.82, 2.24) is 0 Å². The highest BCUT2D eigenvalue weighted by molar-refractivity contribution is 5.85. The molecule has 74 valence electrons. The van der Waals surface area contributed by atoms with Crippen molar-refractivity contribution in [2.24, 2.45) is 5.90 Å². The Kier molecular flexibility index (Phi) is 5.78. The van der Waals surface area contributed by atoms with E-state index in [1.165, 1.54) is 0 Å². The van der Waals surface area contributed by atoms with Crippen molar-refractivity contribution in [2.75, 3.05) is 0 Å². The maximum Gasteiger partial charge on any atom is 0.108 e. The molecule has 4 nitrogen and oxygen atoms in total. The smallest absolute Gasteiger partial charge is 0.108 e. The first-order valence-electron chi connectivity index (χ1n) is 3.97. The van der Waals surface area contributed by atoms with Crippen molar-refractivity contribution in [3.63, 3.8) is 0 Å². The summed E-state index contributed by atoms with van der Waals surface area (Å²) in [4.78, 5) is 4.54. The van der Waals surface area contributed by atoms with E-state index in [0.29, 0.717) is 6.42 Å². The molecule has 0 bridgehead atoms. The number of hydrogen-bond acceptors (Lipinski definition) is 4. The van der Waals surface area contributed by atoms with E-state index in [1.807, 2.05) is 0 Å². The maximum absolute atomic E-state index is 9.36. The summed E-state index contributed by atoms with van der Waals surface area (Å²) < 4.78 is 0. The number of halogens is 1. The summed E-state index contributed by atoms with van der Waals surface area (Å²) in [7, 11) is 0. The molecule has 0 aromatic carbocycles. The zero-order valence-corrected chi connectivity index (χ0v) is 7.67. The van der Waals surface area contributed by atoms with Gasteiger partial charge >= 0.3 is 0 Å². The van der Waals surface area contributed by atoms with Crippen molar-refractivity contribution < 1.29 is 15.1 Å². The van der Waals surface area contributed by atoms with Crippen LogP contribution in [0.5, 0.6) is 0 Å². The molecule has 0 aliphatic heterocycles. The summed E-state index contributed by atoms with van der Waals surface area (Å²) in [5.41, 5.74) is 0. The van der Waals surface area contributed by atoms with Gasteiger partial charge in [-0.2, -0.15) is 0 Å². The number of hydrogen-bond donors (Lipinski definition) is 3. The molecule has 0 heterocycles. The number of nitrogens with two attached hydrogens (primary N) is 1. The molecule has 0 aromatic heterocycles. The standard InChI is InChI=1S/C7H15NO3.ClH/c8-11-6-4-2-1-3-5(9)7(6)10;/h5-7,9-10H,1-4,8H2;1H. The lowest BCUT2D eigenvalue weighted by molar-refractivity contribution is -0.0883. The minimum absolute atomic E-state index is 0. The predicted octanol–water partition coefficient (Wildman–Crippen LogP) is -0.0371. The lowest BCUT2D eigenvalue weighted by Crippen LogP contribution is -2.38. The number of aliphatic hydroxyl groups excluding tert-OH is 2. The molecule has 4 N–H and O–H groups in total. The summed E-state index contributed by atoms with van der Waals surface area (Å²) in [5.74, 6) is 4.95. The molecule has 3 atom stereocenters. The van der Waals surface area contributed by atoms with E-state index >= 15 is 0 Å². The summed E-state index contributed by atoms with van der Waals surface area (Å²) in [6.07, 6.45) is 1.37. The topological polar surface area (TPSA) is 75.7 Å². The van der Waals surface area contributed by atoms with Gasteiger partial charge < -0.3 is 10.2 Å². The van der Waals surface area contributed by atoms with Gasteiger partial charge in [0.05, 0.1) is 6.10 Å². The van der Waals surface area contributed by atoms with Crippen molar-refractivity contribution in [2.45, 2.75) is 44.0 Å². The summed E-state index contributed by atoms with van der Waals surface area (Å²) in [6.45, 7) is 0. The van der Waals surface area contributed by atoms with Gasteiger partial charge in [-0.15, -0.1) is 12.4 Å². The molecule has 12 heavy (non-hydrogen) atoms. The Bertz CT molecular complexity index is 125. The third-order valence-electron chi connectivity index (χ3n) is 2.19. The Morgan fingerprint density at radius 1 is 1.17 bits per heavy atom. The normalized spacial score (nSPS) is 36.8. The van der Waals surface area contributed by atoms with E-state index in [9.17, 15) is 10.2 Å². The average Bonchev–Trinajstić information content (AvgIpc) is 2.16. The van der Waals surface area contributed by atoms with Crippen LogP contribution in [0, 0.1) is 0 Å². The van der Waals surface area contributed by atoms with Crippen molar-refractivity contribution in [3.8, 4) is 0 Å². The van der Waals surface area contributed by atoms with E-state index in [2.05, 4.69) is 4.84 Å². The van der Waals surface area contributed by atoms with Gasteiger partial charge in [0.25, 0.3) is 0 Å². The first-order valence-corrected chi connectivity index (χ1v) is 3.97. The van der Waals surface area contributed by atoms with Crippen molar-refractivity contribution in [3.05, 3.63) is 0 Å². The Morgan fingerprint density at radius 2 is 1.75 bits per heavy atom. The van der Waals surface area contributed by atoms with Gasteiger partial charge in [-0.3, -0.25) is 4.84 Å². The zero-order valence-electron chi connectivity index (χ0n) is 6.85. The molecule has 0 amide bonds. The maximum atomic E-state index is 9.36. The van der Waals surface area contributed by atoms with E-state index in [1.54, 1.807) is 0 Å². The molecule has 1 rings (SSSR count). The van der Waals surface area contributed by atoms with Gasteiger partial charge in [0.1, 0.15) is 12.2 Å². The van der Waals surface area contributed by atoms with Gasteiger partial charge in [0, 0.05) is 0 Å². The molecule has 1 aliphatic rings. The fourth-order valence-electron chi connectivity index (χ4n) is 1.44. The third kappa shape index (κ3) is 2.88. The minimum atomic E-state index is -0.817. The molecule has 1 saturated carbocycles. The molecule has 0 saturated heterocycles. The predicted molar refractivity (Wildman–Crippen MR) is 46.8 cm³/mol. The second-order valence-electron chi connectivity index (χ2n) is 3.02. The third-order valence-corrected chi connectivity index (χ3v) is 2.19. The van der Waals surface area contributed by atoms with E-state index in [-0.39, 0.29) is 12.4 Å². The zero-order chi connectivity index (χ0) is 8.27. The molecule has 1 aliphatic carbocycles. The fourth-order valence-corrected chi connectivity index (χ4v) is 1.44. The molecule has 1 fully saturated rings. The second-order valence-corrected chi connectivity index (χ2v) is 3.02. The quantitative estimate of drug-likeness (QED) is 0.408. The van der Waals surface area contributed by atoms with Gasteiger partial charge in [-0.25, -0.2) is 5.90 Å². The highest BCUT2D eigenvalue weighted by atomic mass is 35.5. The first kappa shape index (κ1) is 12.1. The molecule has 0 aromatic rings. The Morgan fingerprint density at radius 3 is 2.33 bits per heavy atom. The second kappa shape index (κ2) is 5.72. The lowest BCUT2D eigenvalue weighted by Gasteiger charge is -2.21. The average molecular weight is 198 g/mol. The van der Waals surface area contributed by atoms with E-state index in [4.69, 9.17) is 5.90 Å². The van der Waals surface area contributed by atoms with Crippen LogP contribution in [0.2, 0.25) is 0 Å². The fraction of sp³-hybridized carbons (Fsp3) is 1.00. The van der Waals surface area contributed by atoms with E-state index < -0.39 is 18.3 Å². The molecular weight excluding hydrogens is 182 g/mol. The Hall–Kier alpha value is 0.130. The summed E-state index contributed by atoms with van der Waals surface area (Å²) in [6, 6.07) is 0. The monoisotopic (exact) mass is 197 g/mol. The largest absolute Gasteiger partial charge is 0.390 e. The molecule has 3 unspecified atom stereocenters. The van der Waals surface area contributed by atoms with Crippen molar-refractivity contribution in [1.29, 1.82) is 0 Å². The van der Waals surface area contributed by atoms with Crippen LogP contribution in [-0.2, 0) is 4.84 Å². The summed E-state index contributed by atoms with van der Waals surface area (Å²) in [5, 5.41) is 18.6. The van der Waals surface area contributed by atoms with Crippen LogP contribution < -0.4 is 5.90 Å². The van der Waals surface area contributed by atoms with Gasteiger partial charge in [0.2, 0.25) is 0 Å². The minimum Gasteiger partial charge on any atom is -0.390 e. The molecule has 0 radical (unpaired) electrons. The van der Waals surface area contributed by atoms with Gasteiger partial charge in [-0.05, 0) is 12.8 Å². The Labute approximate surface area is 78.1 Å².